The van der Waals surface area contributed by atoms with Crippen molar-refractivity contribution in [2.24, 2.45) is 0 Å². The van der Waals surface area contributed by atoms with Crippen molar-refractivity contribution < 1.29 is 12.8 Å². The lowest BCUT2D eigenvalue weighted by Crippen LogP contribution is -2.15. The zero-order valence-corrected chi connectivity index (χ0v) is 12.3. The maximum absolute atomic E-state index is 12.9. The quantitative estimate of drug-likeness (QED) is 0.848. The number of nitrogens with one attached hydrogen (secondary N) is 1. The van der Waals surface area contributed by atoms with Crippen LogP contribution in [0.5, 0.6) is 0 Å². The van der Waals surface area contributed by atoms with Crippen molar-refractivity contribution in [2.45, 2.75) is 4.90 Å². The molecule has 1 aromatic carbocycles. The van der Waals surface area contributed by atoms with Crippen molar-refractivity contribution >= 4 is 43.5 Å². The van der Waals surface area contributed by atoms with Gasteiger partial charge < -0.3 is 0 Å². The summed E-state index contributed by atoms with van der Waals surface area (Å²) in [6.07, 6.45) is 1.31. The van der Waals surface area contributed by atoms with Crippen molar-refractivity contribution in [3.05, 3.63) is 45.9 Å². The minimum atomic E-state index is -3.92. The zero-order chi connectivity index (χ0) is 14.0. The molecule has 9 heteroatoms. The number of rotatable bonds is 3. The molecule has 0 bridgehead atoms. The maximum Gasteiger partial charge on any atom is 0.265 e. The molecule has 19 heavy (non-hydrogen) atoms. The molecule has 0 aliphatic carbocycles. The molecule has 0 amide bonds. The number of hydrogen-bond acceptors (Lipinski definition) is 4. The number of hydrogen-bond donors (Lipinski definition) is 1. The second kappa shape index (κ2) is 5.40. The Morgan fingerprint density at radius 1 is 1.32 bits per heavy atom. The summed E-state index contributed by atoms with van der Waals surface area (Å²) in [6.45, 7) is 0. The summed E-state index contributed by atoms with van der Waals surface area (Å²) < 4.78 is 39.3. The third kappa shape index (κ3) is 3.40. The Morgan fingerprint density at radius 3 is 2.68 bits per heavy atom. The first-order valence-electron chi connectivity index (χ1n) is 4.85. The third-order valence-electron chi connectivity index (χ3n) is 2.03. The van der Waals surface area contributed by atoms with Gasteiger partial charge in [0, 0.05) is 10.7 Å². The second-order valence-corrected chi connectivity index (χ2v) is 6.28. The van der Waals surface area contributed by atoms with Gasteiger partial charge in [-0.25, -0.2) is 27.5 Å². The zero-order valence-electron chi connectivity index (χ0n) is 9.14. The molecule has 0 saturated carbocycles. The Balaban J connectivity index is 2.38. The number of aromatic nitrogens is 2. The molecule has 0 aliphatic heterocycles. The lowest BCUT2D eigenvalue weighted by atomic mass is 10.3. The molecule has 100 valence electrons. The Bertz CT molecular complexity index is 726. The van der Waals surface area contributed by atoms with Gasteiger partial charge in [-0.2, -0.15) is 0 Å². The van der Waals surface area contributed by atoms with E-state index in [1.54, 1.807) is 0 Å². The number of benzene rings is 1. The van der Waals surface area contributed by atoms with Crippen molar-refractivity contribution in [1.82, 2.24) is 9.97 Å². The fourth-order valence-electron chi connectivity index (χ4n) is 1.25. The van der Waals surface area contributed by atoms with Crippen molar-refractivity contribution in [1.29, 1.82) is 0 Å². The predicted molar refractivity (Wildman–Crippen MR) is 72.0 cm³/mol. The van der Waals surface area contributed by atoms with Crippen molar-refractivity contribution in [2.75, 3.05) is 4.72 Å². The van der Waals surface area contributed by atoms with Gasteiger partial charge in [-0.3, -0.25) is 0 Å². The molecule has 0 saturated heterocycles. The second-order valence-electron chi connectivity index (χ2n) is 3.38. The van der Waals surface area contributed by atoms with Crippen LogP contribution in [-0.4, -0.2) is 18.4 Å². The van der Waals surface area contributed by atoms with Crippen molar-refractivity contribution in [3.63, 3.8) is 0 Å². The van der Waals surface area contributed by atoms with E-state index in [4.69, 9.17) is 11.6 Å². The molecular formula is C10H6BrClFN3O2S. The molecule has 0 spiro atoms. The van der Waals surface area contributed by atoms with E-state index in [1.807, 2.05) is 0 Å². The van der Waals surface area contributed by atoms with E-state index >= 15 is 0 Å². The molecule has 0 unspecified atom stereocenters. The molecule has 1 heterocycles. The van der Waals surface area contributed by atoms with Crippen LogP contribution in [0.3, 0.4) is 0 Å². The maximum atomic E-state index is 12.9. The molecule has 2 rings (SSSR count). The number of nitrogens with zero attached hydrogens (tertiary/aromatic N) is 2. The van der Waals surface area contributed by atoms with Gasteiger partial charge >= 0.3 is 0 Å². The minimum Gasteiger partial charge on any atom is -0.247 e. The summed E-state index contributed by atoms with van der Waals surface area (Å²) in [5.74, 6) is -0.714. The normalized spacial score (nSPS) is 11.3. The first-order valence-corrected chi connectivity index (χ1v) is 7.50. The summed E-state index contributed by atoms with van der Waals surface area (Å²) in [4.78, 5) is 7.30. The molecule has 0 aliphatic rings. The van der Waals surface area contributed by atoms with Gasteiger partial charge in [0.15, 0.2) is 0 Å². The average Bonchev–Trinajstić information content (AvgIpc) is 2.27. The highest BCUT2D eigenvalue weighted by Gasteiger charge is 2.19. The Morgan fingerprint density at radius 2 is 2.05 bits per heavy atom. The fraction of sp³-hybridized carbons (Fsp3) is 0. The lowest BCUT2D eigenvalue weighted by molar-refractivity contribution is 0.598. The SMILES string of the molecule is O=S(=O)(Nc1nccc(Cl)n1)c1ccc(F)cc1Br. The topological polar surface area (TPSA) is 72.0 Å². The van der Waals surface area contributed by atoms with Gasteiger partial charge in [-0.1, -0.05) is 11.6 Å². The van der Waals surface area contributed by atoms with Gasteiger partial charge in [0.1, 0.15) is 15.9 Å². The Hall–Kier alpha value is -1.25. The van der Waals surface area contributed by atoms with E-state index in [0.717, 1.165) is 18.2 Å². The van der Waals surface area contributed by atoms with Crippen LogP contribution in [0.4, 0.5) is 10.3 Å². The van der Waals surface area contributed by atoms with Crippen LogP contribution in [0.1, 0.15) is 0 Å². The number of halogens is 3. The minimum absolute atomic E-state index is 0.0991. The van der Waals surface area contributed by atoms with Gasteiger partial charge in [0.2, 0.25) is 5.95 Å². The summed E-state index contributed by atoms with van der Waals surface area (Å²) in [5.41, 5.74) is 0. The molecule has 0 atom stereocenters. The first kappa shape index (κ1) is 14.2. The van der Waals surface area contributed by atoms with Crippen LogP contribution < -0.4 is 4.72 Å². The standard InChI is InChI=1S/C10H6BrClFN3O2S/c11-7-5-6(13)1-2-8(7)19(17,18)16-10-14-4-3-9(12)15-10/h1-5H,(H,14,15,16). The highest BCUT2D eigenvalue weighted by molar-refractivity contribution is 9.10. The van der Waals surface area contributed by atoms with Crippen LogP contribution >= 0.6 is 27.5 Å². The molecule has 5 nitrogen and oxygen atoms in total. The molecule has 0 fully saturated rings. The summed E-state index contributed by atoms with van der Waals surface area (Å²) >= 11 is 8.61. The monoisotopic (exact) mass is 365 g/mol. The van der Waals surface area contributed by atoms with E-state index in [0.29, 0.717) is 0 Å². The van der Waals surface area contributed by atoms with Crippen molar-refractivity contribution in [3.8, 4) is 0 Å². The highest BCUT2D eigenvalue weighted by Crippen LogP contribution is 2.24. The molecule has 2 aromatic rings. The number of anilines is 1. The first-order chi connectivity index (χ1) is 8.88. The fourth-order valence-corrected chi connectivity index (χ4v) is 3.39. The van der Waals surface area contributed by atoms with Crippen LogP contribution in [0.25, 0.3) is 0 Å². The van der Waals surface area contributed by atoms with Crippen LogP contribution in [0.15, 0.2) is 39.8 Å². The van der Waals surface area contributed by atoms with Gasteiger partial charge in [0.25, 0.3) is 10.0 Å². The van der Waals surface area contributed by atoms with E-state index in [2.05, 4.69) is 30.6 Å². The molecule has 1 aromatic heterocycles. The predicted octanol–water partition coefficient (Wildman–Crippen LogP) is 2.83. The smallest absolute Gasteiger partial charge is 0.247 e. The van der Waals surface area contributed by atoms with Gasteiger partial charge in [0.05, 0.1) is 0 Å². The molecule has 0 radical (unpaired) electrons. The van der Waals surface area contributed by atoms with E-state index in [-0.39, 0.29) is 20.5 Å². The van der Waals surface area contributed by atoms with Gasteiger partial charge in [-0.15, -0.1) is 0 Å². The van der Waals surface area contributed by atoms with Crippen LogP contribution in [-0.2, 0) is 10.0 Å². The van der Waals surface area contributed by atoms with E-state index in [9.17, 15) is 12.8 Å². The average molecular weight is 367 g/mol. The summed E-state index contributed by atoms with van der Waals surface area (Å²) in [5, 5.41) is 0.103. The largest absolute Gasteiger partial charge is 0.265 e. The highest BCUT2D eigenvalue weighted by atomic mass is 79.9. The third-order valence-corrected chi connectivity index (χ3v) is 4.55. The van der Waals surface area contributed by atoms with Crippen LogP contribution in [0, 0.1) is 5.82 Å². The molecule has 1 N–H and O–H groups in total. The van der Waals surface area contributed by atoms with Crippen LogP contribution in [0.2, 0.25) is 5.15 Å². The Labute approximate surface area is 122 Å². The lowest BCUT2D eigenvalue weighted by Gasteiger charge is -2.08. The molecular weight excluding hydrogens is 361 g/mol. The van der Waals surface area contributed by atoms with Gasteiger partial charge in [-0.05, 0) is 40.2 Å². The van der Waals surface area contributed by atoms with E-state index < -0.39 is 15.8 Å². The summed E-state index contributed by atoms with van der Waals surface area (Å²) in [7, 11) is -3.92. The van der Waals surface area contributed by atoms with E-state index in [1.165, 1.54) is 12.3 Å². The number of sulfonamides is 1. The Kier molecular flexibility index (Phi) is 4.02. The summed E-state index contributed by atoms with van der Waals surface area (Å²) in [6, 6.07) is 4.63.